The highest BCUT2D eigenvalue weighted by Crippen LogP contribution is 2.29. The van der Waals surface area contributed by atoms with E-state index < -0.39 is 0 Å². The van der Waals surface area contributed by atoms with Crippen LogP contribution in [-0.4, -0.2) is 36.1 Å². The van der Waals surface area contributed by atoms with Crippen LogP contribution in [-0.2, 0) is 10.2 Å². The molecular weight excluding hydrogens is 328 g/mol. The molecule has 1 amide bonds. The Kier molecular flexibility index (Phi) is 6.69. The molecule has 1 heterocycles. The van der Waals surface area contributed by atoms with E-state index in [0.29, 0.717) is 23.9 Å². The Morgan fingerprint density at radius 1 is 1.19 bits per heavy atom. The molecule has 0 aliphatic heterocycles. The van der Waals surface area contributed by atoms with E-state index in [2.05, 4.69) is 41.4 Å². The third kappa shape index (κ3) is 5.52. The summed E-state index contributed by atoms with van der Waals surface area (Å²) in [4.78, 5) is 21.3. The first-order valence-electron chi connectivity index (χ1n) is 8.80. The van der Waals surface area contributed by atoms with Crippen LogP contribution >= 0.6 is 0 Å². The molecule has 1 aromatic heterocycles. The van der Waals surface area contributed by atoms with Gasteiger partial charge in [0, 0.05) is 32.0 Å². The van der Waals surface area contributed by atoms with Crippen LogP contribution in [0, 0.1) is 6.92 Å². The summed E-state index contributed by atoms with van der Waals surface area (Å²) < 4.78 is 5.03. The lowest BCUT2D eigenvalue weighted by Gasteiger charge is -2.23. The molecule has 0 unspecified atom stereocenters. The number of anilines is 2. The van der Waals surface area contributed by atoms with Crippen LogP contribution in [0.15, 0.2) is 30.3 Å². The van der Waals surface area contributed by atoms with Gasteiger partial charge >= 0.3 is 0 Å². The number of amides is 1. The van der Waals surface area contributed by atoms with Crippen molar-refractivity contribution in [3.05, 3.63) is 47.4 Å². The van der Waals surface area contributed by atoms with E-state index in [-0.39, 0.29) is 11.3 Å². The summed E-state index contributed by atoms with van der Waals surface area (Å²) in [5, 5.41) is 6.19. The van der Waals surface area contributed by atoms with E-state index in [0.717, 1.165) is 24.2 Å². The maximum atomic E-state index is 12.7. The molecule has 1 aromatic carbocycles. The third-order valence-electron chi connectivity index (χ3n) is 3.89. The SMILES string of the molecule is COCCCNc1cc(C(=O)Nc2ccccc2C(C)(C)C)nc(C)n1. The van der Waals surface area contributed by atoms with Gasteiger partial charge in [-0.3, -0.25) is 4.79 Å². The van der Waals surface area contributed by atoms with Crippen molar-refractivity contribution < 1.29 is 9.53 Å². The zero-order valence-electron chi connectivity index (χ0n) is 16.2. The zero-order valence-corrected chi connectivity index (χ0v) is 16.2. The van der Waals surface area contributed by atoms with E-state index >= 15 is 0 Å². The molecule has 2 N–H and O–H groups in total. The first-order chi connectivity index (χ1) is 12.3. The van der Waals surface area contributed by atoms with Gasteiger partial charge in [0.2, 0.25) is 0 Å². The number of rotatable bonds is 7. The van der Waals surface area contributed by atoms with Gasteiger partial charge in [0.25, 0.3) is 5.91 Å². The number of aromatic nitrogens is 2. The maximum Gasteiger partial charge on any atom is 0.274 e. The average molecular weight is 356 g/mol. The Morgan fingerprint density at radius 2 is 1.92 bits per heavy atom. The molecule has 2 rings (SSSR count). The quantitative estimate of drug-likeness (QED) is 0.738. The molecule has 26 heavy (non-hydrogen) atoms. The summed E-state index contributed by atoms with van der Waals surface area (Å²) in [6.07, 6.45) is 0.861. The van der Waals surface area contributed by atoms with Gasteiger partial charge in [-0.05, 0) is 30.4 Å². The molecule has 2 aromatic rings. The number of benzene rings is 1. The Hall–Kier alpha value is -2.47. The van der Waals surface area contributed by atoms with Crippen LogP contribution in [0.2, 0.25) is 0 Å². The lowest BCUT2D eigenvalue weighted by atomic mass is 9.86. The number of methoxy groups -OCH3 is 1. The van der Waals surface area contributed by atoms with Gasteiger partial charge in [-0.25, -0.2) is 9.97 Å². The number of carbonyl (C=O) groups is 1. The van der Waals surface area contributed by atoms with Crippen LogP contribution in [0.3, 0.4) is 0 Å². The fourth-order valence-electron chi connectivity index (χ4n) is 2.64. The summed E-state index contributed by atoms with van der Waals surface area (Å²) in [5.41, 5.74) is 2.16. The molecule has 0 atom stereocenters. The number of para-hydroxylation sites is 1. The second-order valence-electron chi connectivity index (χ2n) is 7.21. The number of nitrogens with zero attached hydrogens (tertiary/aromatic N) is 2. The molecule has 0 aliphatic rings. The van der Waals surface area contributed by atoms with Crippen molar-refractivity contribution in [3.63, 3.8) is 0 Å². The van der Waals surface area contributed by atoms with E-state index in [4.69, 9.17) is 4.74 Å². The number of ether oxygens (including phenoxy) is 1. The van der Waals surface area contributed by atoms with Crippen molar-refractivity contribution in [2.45, 2.75) is 39.5 Å². The van der Waals surface area contributed by atoms with E-state index in [1.54, 1.807) is 20.1 Å². The fraction of sp³-hybridized carbons (Fsp3) is 0.450. The lowest BCUT2D eigenvalue weighted by molar-refractivity contribution is 0.102. The van der Waals surface area contributed by atoms with E-state index in [1.165, 1.54) is 0 Å². The molecule has 0 spiro atoms. The van der Waals surface area contributed by atoms with Gasteiger partial charge in [-0.2, -0.15) is 0 Å². The second kappa shape index (κ2) is 8.76. The summed E-state index contributed by atoms with van der Waals surface area (Å²) >= 11 is 0. The lowest BCUT2D eigenvalue weighted by Crippen LogP contribution is -2.20. The summed E-state index contributed by atoms with van der Waals surface area (Å²) in [6.45, 7) is 9.53. The van der Waals surface area contributed by atoms with Crippen LogP contribution in [0.4, 0.5) is 11.5 Å². The van der Waals surface area contributed by atoms with Gasteiger partial charge in [0.1, 0.15) is 17.3 Å². The molecule has 6 nitrogen and oxygen atoms in total. The first kappa shape index (κ1) is 19.8. The number of nitrogens with one attached hydrogen (secondary N) is 2. The van der Waals surface area contributed by atoms with Crippen LogP contribution in [0.5, 0.6) is 0 Å². The summed E-state index contributed by atoms with van der Waals surface area (Å²) in [6, 6.07) is 9.51. The Balaban J connectivity index is 2.16. The van der Waals surface area contributed by atoms with Crippen LogP contribution in [0.25, 0.3) is 0 Å². The third-order valence-corrected chi connectivity index (χ3v) is 3.89. The number of hydrogen-bond donors (Lipinski definition) is 2. The van der Waals surface area contributed by atoms with E-state index in [1.807, 2.05) is 24.3 Å². The molecule has 0 bridgehead atoms. The topological polar surface area (TPSA) is 76.1 Å². The molecular formula is C20H28N4O2. The van der Waals surface area contributed by atoms with Gasteiger partial charge < -0.3 is 15.4 Å². The minimum atomic E-state index is -0.243. The molecule has 0 saturated carbocycles. The minimum Gasteiger partial charge on any atom is -0.385 e. The number of hydrogen-bond acceptors (Lipinski definition) is 5. The predicted octanol–water partition coefficient (Wildman–Crippen LogP) is 3.78. The van der Waals surface area contributed by atoms with Crippen molar-refractivity contribution >= 4 is 17.4 Å². The van der Waals surface area contributed by atoms with Crippen molar-refractivity contribution in [3.8, 4) is 0 Å². The molecule has 0 fully saturated rings. The van der Waals surface area contributed by atoms with Gasteiger partial charge in [0.05, 0.1) is 0 Å². The first-order valence-corrected chi connectivity index (χ1v) is 8.80. The van der Waals surface area contributed by atoms with Crippen LogP contribution < -0.4 is 10.6 Å². The standard InChI is InChI=1S/C20H28N4O2/c1-14-22-17(13-18(23-14)21-11-8-12-26-5)19(25)24-16-10-7-6-9-15(16)20(2,3)4/h6-7,9-10,13H,8,11-12H2,1-5H3,(H,24,25)(H,21,22,23). The largest absolute Gasteiger partial charge is 0.385 e. The Labute approximate surface area is 155 Å². The number of carbonyl (C=O) groups excluding carboxylic acids is 1. The highest BCUT2D eigenvalue weighted by atomic mass is 16.5. The summed E-state index contributed by atoms with van der Waals surface area (Å²) in [7, 11) is 1.67. The van der Waals surface area contributed by atoms with E-state index in [9.17, 15) is 4.79 Å². The highest BCUT2D eigenvalue weighted by molar-refractivity contribution is 6.03. The number of aryl methyl sites for hydroxylation is 1. The van der Waals surface area contributed by atoms with Crippen molar-refractivity contribution in [2.75, 3.05) is 30.9 Å². The molecule has 0 aliphatic carbocycles. The normalized spacial score (nSPS) is 11.3. The molecule has 6 heteroatoms. The fourth-order valence-corrected chi connectivity index (χ4v) is 2.64. The van der Waals surface area contributed by atoms with Crippen LogP contribution in [0.1, 0.15) is 49.1 Å². The van der Waals surface area contributed by atoms with Gasteiger partial charge in [-0.1, -0.05) is 39.0 Å². The van der Waals surface area contributed by atoms with Crippen molar-refractivity contribution in [2.24, 2.45) is 0 Å². The van der Waals surface area contributed by atoms with Gasteiger partial charge in [0.15, 0.2) is 0 Å². The second-order valence-corrected chi connectivity index (χ2v) is 7.21. The summed E-state index contributed by atoms with van der Waals surface area (Å²) in [5.74, 6) is 0.950. The Morgan fingerprint density at radius 3 is 2.62 bits per heavy atom. The predicted molar refractivity (Wildman–Crippen MR) is 105 cm³/mol. The smallest absolute Gasteiger partial charge is 0.274 e. The van der Waals surface area contributed by atoms with Crippen molar-refractivity contribution in [1.82, 2.24) is 9.97 Å². The minimum absolute atomic E-state index is 0.0699. The monoisotopic (exact) mass is 356 g/mol. The highest BCUT2D eigenvalue weighted by Gasteiger charge is 2.19. The average Bonchev–Trinajstić information content (AvgIpc) is 2.58. The molecule has 0 radical (unpaired) electrons. The van der Waals surface area contributed by atoms with Crippen molar-refractivity contribution in [1.29, 1.82) is 0 Å². The molecule has 140 valence electrons. The van der Waals surface area contributed by atoms with Gasteiger partial charge in [-0.15, -0.1) is 0 Å². The Bertz CT molecular complexity index is 754. The maximum absolute atomic E-state index is 12.7. The zero-order chi connectivity index (χ0) is 19.2. The molecule has 0 saturated heterocycles.